The molecule has 0 fully saturated rings. The van der Waals surface area contributed by atoms with Crippen molar-refractivity contribution in [3.8, 4) is 55.6 Å². The number of anilines is 3. The molecule has 8 aromatic carbocycles. The van der Waals surface area contributed by atoms with Gasteiger partial charge in [-0.05, 0) is 123 Å². The fourth-order valence-electron chi connectivity index (χ4n) is 8.57. The van der Waals surface area contributed by atoms with E-state index in [4.69, 9.17) is 0 Å². The van der Waals surface area contributed by atoms with Crippen molar-refractivity contribution >= 4 is 17.1 Å². The highest BCUT2D eigenvalue weighted by Crippen LogP contribution is 2.57. The largest absolute Gasteiger partial charge is 0.310 e. The van der Waals surface area contributed by atoms with Crippen LogP contribution in [0.3, 0.4) is 0 Å². The van der Waals surface area contributed by atoms with Gasteiger partial charge in [0.25, 0.3) is 0 Å². The van der Waals surface area contributed by atoms with Crippen LogP contribution < -0.4 is 4.90 Å². The van der Waals surface area contributed by atoms with Gasteiger partial charge in [-0.25, -0.2) is 0 Å². The Hall–Kier alpha value is -6.44. The molecule has 0 saturated carbocycles. The molecule has 0 aromatic heterocycles. The molecule has 0 amide bonds. The van der Waals surface area contributed by atoms with Gasteiger partial charge >= 0.3 is 0 Å². The van der Waals surface area contributed by atoms with Crippen LogP contribution in [0, 0.1) is 13.8 Å². The topological polar surface area (TPSA) is 3.24 Å². The van der Waals surface area contributed by atoms with Gasteiger partial charge in [0, 0.05) is 22.4 Å². The summed E-state index contributed by atoms with van der Waals surface area (Å²) in [6, 6.07) is 68.9. The minimum atomic E-state index is -0.217. The zero-order valence-corrected chi connectivity index (χ0v) is 31.3. The molecule has 0 bridgehead atoms. The van der Waals surface area contributed by atoms with E-state index in [2.05, 4.69) is 221 Å². The average Bonchev–Trinajstić information content (AvgIpc) is 3.46. The Bertz CT molecular complexity index is 2530. The zero-order valence-electron chi connectivity index (χ0n) is 31.3. The molecule has 260 valence electrons. The number of hydrogen-bond acceptors (Lipinski definition) is 1. The first-order valence-electron chi connectivity index (χ1n) is 18.9. The van der Waals surface area contributed by atoms with Crippen LogP contribution in [0.5, 0.6) is 0 Å². The molecule has 0 aliphatic heterocycles. The summed E-state index contributed by atoms with van der Waals surface area (Å²) in [6.45, 7) is 9.23. The molecule has 0 spiro atoms. The molecule has 9 rings (SSSR count). The van der Waals surface area contributed by atoms with Crippen LogP contribution in [-0.2, 0) is 5.41 Å². The summed E-state index contributed by atoms with van der Waals surface area (Å²) in [4.78, 5) is 2.46. The summed E-state index contributed by atoms with van der Waals surface area (Å²) < 4.78 is 0. The molecule has 1 heteroatoms. The first kappa shape index (κ1) is 33.4. The van der Waals surface area contributed by atoms with E-state index < -0.39 is 0 Å². The van der Waals surface area contributed by atoms with E-state index >= 15 is 0 Å². The molecule has 0 unspecified atom stereocenters. The molecular weight excluding hydrogens is 651 g/mol. The lowest BCUT2D eigenvalue weighted by atomic mass is 9.78. The summed E-state index contributed by atoms with van der Waals surface area (Å²) in [5, 5.41) is 0. The summed E-state index contributed by atoms with van der Waals surface area (Å²) in [5.74, 6) is 0. The third-order valence-electron chi connectivity index (χ3n) is 11.4. The van der Waals surface area contributed by atoms with Gasteiger partial charge in [0.2, 0.25) is 0 Å². The van der Waals surface area contributed by atoms with Gasteiger partial charge in [0.05, 0.1) is 5.69 Å². The molecule has 0 atom stereocenters. The van der Waals surface area contributed by atoms with Crippen LogP contribution in [-0.4, -0.2) is 0 Å². The number of aryl methyl sites for hydroxylation is 2. The van der Waals surface area contributed by atoms with E-state index in [-0.39, 0.29) is 5.41 Å². The Balaban J connectivity index is 1.27. The smallest absolute Gasteiger partial charge is 0.0543 e. The van der Waals surface area contributed by atoms with Crippen LogP contribution in [0.15, 0.2) is 188 Å². The molecule has 0 radical (unpaired) electrons. The van der Waals surface area contributed by atoms with Crippen molar-refractivity contribution in [3.05, 3.63) is 210 Å². The van der Waals surface area contributed by atoms with Crippen molar-refractivity contribution in [1.82, 2.24) is 0 Å². The first-order valence-corrected chi connectivity index (χ1v) is 18.9. The summed E-state index contributed by atoms with van der Waals surface area (Å²) in [5.41, 5.74) is 21.0. The van der Waals surface area contributed by atoms with Crippen molar-refractivity contribution in [3.63, 3.8) is 0 Å². The Morgan fingerprint density at radius 2 is 0.852 bits per heavy atom. The molecule has 1 aliphatic rings. The normalized spacial score (nSPS) is 12.6. The Morgan fingerprint density at radius 1 is 0.370 bits per heavy atom. The first-order chi connectivity index (χ1) is 26.4. The molecule has 1 aliphatic carbocycles. The number of fused-ring (bicyclic) bond motifs is 3. The minimum Gasteiger partial charge on any atom is -0.310 e. The third-order valence-corrected chi connectivity index (χ3v) is 11.4. The quantitative estimate of drug-likeness (QED) is 0.161. The molecule has 0 saturated heterocycles. The molecule has 0 N–H and O–H groups in total. The van der Waals surface area contributed by atoms with Gasteiger partial charge in [0.1, 0.15) is 0 Å². The summed E-state index contributed by atoms with van der Waals surface area (Å²) in [7, 11) is 0. The second kappa shape index (κ2) is 13.5. The number of rotatable bonds is 7. The monoisotopic (exact) mass is 693 g/mol. The van der Waals surface area contributed by atoms with Crippen molar-refractivity contribution in [1.29, 1.82) is 0 Å². The number of hydrogen-bond donors (Lipinski definition) is 0. The van der Waals surface area contributed by atoms with Crippen molar-refractivity contribution in [2.45, 2.75) is 33.1 Å². The van der Waals surface area contributed by atoms with Gasteiger partial charge < -0.3 is 4.90 Å². The van der Waals surface area contributed by atoms with Crippen LogP contribution in [0.2, 0.25) is 0 Å². The van der Waals surface area contributed by atoms with Crippen molar-refractivity contribution in [2.75, 3.05) is 4.90 Å². The summed E-state index contributed by atoms with van der Waals surface area (Å²) in [6.07, 6.45) is 0. The number of benzene rings is 8. The third kappa shape index (κ3) is 5.74. The highest BCUT2D eigenvalue weighted by molar-refractivity contribution is 5.99. The fourth-order valence-corrected chi connectivity index (χ4v) is 8.57. The van der Waals surface area contributed by atoms with Crippen molar-refractivity contribution < 1.29 is 0 Å². The molecule has 54 heavy (non-hydrogen) atoms. The Morgan fingerprint density at radius 3 is 1.44 bits per heavy atom. The van der Waals surface area contributed by atoms with E-state index in [0.717, 1.165) is 11.4 Å². The van der Waals surface area contributed by atoms with Gasteiger partial charge in [-0.1, -0.05) is 166 Å². The second-order valence-corrected chi connectivity index (χ2v) is 15.1. The maximum Gasteiger partial charge on any atom is 0.0543 e. The Labute approximate surface area is 319 Å². The predicted octanol–water partition coefficient (Wildman–Crippen LogP) is 14.7. The zero-order chi connectivity index (χ0) is 36.8. The maximum absolute atomic E-state index is 2.46. The lowest BCUT2D eigenvalue weighted by Gasteiger charge is -2.31. The van der Waals surface area contributed by atoms with E-state index in [0.29, 0.717) is 0 Å². The molecule has 1 nitrogen and oxygen atoms in total. The maximum atomic E-state index is 2.46. The number of nitrogens with zero attached hydrogens (tertiary/aromatic N) is 1. The predicted molar refractivity (Wildman–Crippen MR) is 230 cm³/mol. The van der Waals surface area contributed by atoms with Gasteiger partial charge in [0.15, 0.2) is 0 Å². The van der Waals surface area contributed by atoms with E-state index in [1.165, 1.54) is 83.6 Å². The Kier molecular flexibility index (Phi) is 8.36. The average molecular weight is 694 g/mol. The van der Waals surface area contributed by atoms with E-state index in [9.17, 15) is 0 Å². The van der Waals surface area contributed by atoms with Gasteiger partial charge in [-0.15, -0.1) is 0 Å². The highest BCUT2D eigenvalue weighted by atomic mass is 15.1. The molecule has 8 aromatic rings. The lowest BCUT2D eigenvalue weighted by molar-refractivity contribution is 0.662. The van der Waals surface area contributed by atoms with Crippen LogP contribution >= 0.6 is 0 Å². The fraction of sp³-hybridized carbons (Fsp3) is 0.0943. The van der Waals surface area contributed by atoms with Crippen LogP contribution in [0.1, 0.15) is 36.1 Å². The summed E-state index contributed by atoms with van der Waals surface area (Å²) >= 11 is 0. The SMILES string of the molecule is Cc1ccccc1-c1cc(-c2ccc(N(c3ccc(-c4ccccc4)cc3)c3ccc(-c4ccccc4)cc3)c3c2C(C)(C)c2ccccc2-3)ccc1C. The minimum absolute atomic E-state index is 0.217. The second-order valence-electron chi connectivity index (χ2n) is 15.1. The van der Waals surface area contributed by atoms with E-state index in [1.54, 1.807) is 0 Å². The van der Waals surface area contributed by atoms with E-state index in [1.807, 2.05) is 0 Å². The molecule has 0 heterocycles. The lowest BCUT2D eigenvalue weighted by Crippen LogP contribution is -2.17. The van der Waals surface area contributed by atoms with Crippen LogP contribution in [0.25, 0.3) is 55.6 Å². The van der Waals surface area contributed by atoms with Gasteiger partial charge in [-0.2, -0.15) is 0 Å². The molecular formula is C53H43N. The highest BCUT2D eigenvalue weighted by Gasteiger charge is 2.40. The van der Waals surface area contributed by atoms with Crippen molar-refractivity contribution in [2.24, 2.45) is 0 Å². The van der Waals surface area contributed by atoms with Gasteiger partial charge in [-0.3, -0.25) is 0 Å². The van der Waals surface area contributed by atoms with Crippen LogP contribution in [0.4, 0.5) is 17.1 Å². The standard InChI is InChI=1S/C53H43N/c1-36-15-11-12-20-45(36)48-35-42(24-23-37(48)2)46-33-34-50(51-47-21-13-14-22-49(47)53(3,4)52(46)51)54(43-29-25-40(26-30-43)38-16-7-5-8-17-38)44-31-27-41(28-32-44)39-18-9-6-10-19-39/h5-35H,1-4H3.